The molecular formula is C16H22N2O. The van der Waals surface area contributed by atoms with E-state index in [1.54, 1.807) is 6.20 Å². The molecule has 3 nitrogen and oxygen atoms in total. The van der Waals surface area contributed by atoms with Gasteiger partial charge in [-0.3, -0.25) is 4.68 Å². The highest BCUT2D eigenvalue weighted by molar-refractivity contribution is 5.23. The fraction of sp³-hybridized carbons (Fsp3) is 0.438. The molecular weight excluding hydrogens is 236 g/mol. The van der Waals surface area contributed by atoms with Gasteiger partial charge in [0.15, 0.2) is 0 Å². The Morgan fingerprint density at radius 1 is 1.21 bits per heavy atom. The number of aromatic nitrogens is 2. The Balaban J connectivity index is 2.20. The van der Waals surface area contributed by atoms with Gasteiger partial charge in [0.1, 0.15) is 0 Å². The van der Waals surface area contributed by atoms with Crippen molar-refractivity contribution in [1.82, 2.24) is 9.78 Å². The third kappa shape index (κ3) is 3.24. The minimum absolute atomic E-state index is 0.627. The van der Waals surface area contributed by atoms with Gasteiger partial charge in [-0.15, -0.1) is 0 Å². The summed E-state index contributed by atoms with van der Waals surface area (Å²) in [7, 11) is 0. The molecule has 1 N–H and O–H groups in total. The zero-order valence-electron chi connectivity index (χ0n) is 11.7. The van der Waals surface area contributed by atoms with Crippen LogP contribution in [-0.2, 0) is 18.6 Å². The maximum Gasteiger partial charge on any atom is 0.0964 e. The molecule has 3 heteroatoms. The average Bonchev–Trinajstić information content (AvgIpc) is 2.89. The van der Waals surface area contributed by atoms with Crippen LogP contribution in [0.1, 0.15) is 37.8 Å². The van der Waals surface area contributed by atoms with Crippen molar-refractivity contribution in [1.29, 1.82) is 0 Å². The van der Waals surface area contributed by atoms with E-state index in [-0.39, 0.29) is 0 Å². The number of aliphatic hydroxyl groups is 1. The van der Waals surface area contributed by atoms with Crippen LogP contribution in [-0.4, -0.2) is 14.9 Å². The first-order valence-corrected chi connectivity index (χ1v) is 6.97. The fourth-order valence-electron chi connectivity index (χ4n) is 2.32. The highest BCUT2D eigenvalue weighted by Crippen LogP contribution is 2.28. The van der Waals surface area contributed by atoms with E-state index in [1.807, 2.05) is 36.0 Å². The van der Waals surface area contributed by atoms with Crippen LogP contribution in [0, 0.1) is 0 Å². The molecule has 1 aromatic carbocycles. The van der Waals surface area contributed by atoms with Gasteiger partial charge in [-0.2, -0.15) is 5.10 Å². The maximum atomic E-state index is 10.9. The second kappa shape index (κ2) is 6.02. The molecule has 0 bridgehead atoms. The largest absolute Gasteiger partial charge is 0.385 e. The minimum atomic E-state index is -0.826. The summed E-state index contributed by atoms with van der Waals surface area (Å²) in [5.41, 5.74) is 1.23. The number of nitrogens with zero attached hydrogens (tertiary/aromatic N) is 2. The zero-order chi connectivity index (χ0) is 13.7. The first-order chi connectivity index (χ1) is 9.18. The Bertz CT molecular complexity index is 506. The summed E-state index contributed by atoms with van der Waals surface area (Å²) >= 11 is 0. The van der Waals surface area contributed by atoms with Crippen molar-refractivity contribution in [2.75, 3.05) is 0 Å². The summed E-state index contributed by atoms with van der Waals surface area (Å²) in [6.45, 7) is 5.03. The van der Waals surface area contributed by atoms with Crippen LogP contribution >= 0.6 is 0 Å². The van der Waals surface area contributed by atoms with Crippen molar-refractivity contribution in [3.05, 3.63) is 53.9 Å². The summed E-state index contributed by atoms with van der Waals surface area (Å²) in [5.74, 6) is 0. The molecule has 0 amide bonds. The Morgan fingerprint density at radius 2 is 1.95 bits per heavy atom. The van der Waals surface area contributed by atoms with Crippen LogP contribution in [0.15, 0.2) is 42.7 Å². The standard InChI is InChI=1S/C16H22N2O/c1-3-10-18-13-15(12-17-18)16(19,4-2)11-14-8-6-5-7-9-14/h5-9,12-13,19H,3-4,10-11H2,1-2H3. The normalized spacial score (nSPS) is 14.3. The molecule has 19 heavy (non-hydrogen) atoms. The summed E-state index contributed by atoms with van der Waals surface area (Å²) in [5, 5.41) is 15.2. The van der Waals surface area contributed by atoms with Crippen molar-refractivity contribution >= 4 is 0 Å². The molecule has 0 aliphatic rings. The van der Waals surface area contributed by atoms with E-state index in [4.69, 9.17) is 0 Å². The lowest BCUT2D eigenvalue weighted by molar-refractivity contribution is 0.0326. The maximum absolute atomic E-state index is 10.9. The van der Waals surface area contributed by atoms with Gasteiger partial charge in [-0.25, -0.2) is 0 Å². The topological polar surface area (TPSA) is 38.0 Å². The molecule has 2 aromatic rings. The summed E-state index contributed by atoms with van der Waals surface area (Å²) in [6, 6.07) is 10.1. The van der Waals surface area contributed by atoms with Crippen LogP contribution in [0.25, 0.3) is 0 Å². The molecule has 102 valence electrons. The first-order valence-electron chi connectivity index (χ1n) is 6.97. The molecule has 0 spiro atoms. The van der Waals surface area contributed by atoms with E-state index < -0.39 is 5.60 Å². The third-order valence-corrected chi connectivity index (χ3v) is 3.55. The lowest BCUT2D eigenvalue weighted by Gasteiger charge is -2.25. The number of benzene rings is 1. The van der Waals surface area contributed by atoms with Crippen LogP contribution in [0.4, 0.5) is 0 Å². The summed E-state index contributed by atoms with van der Waals surface area (Å²) in [6.07, 6.45) is 6.12. The SMILES string of the molecule is CCCn1cc(C(O)(CC)Cc2ccccc2)cn1. The molecule has 0 aliphatic heterocycles. The Labute approximate surface area is 114 Å². The molecule has 0 saturated heterocycles. The van der Waals surface area contributed by atoms with E-state index >= 15 is 0 Å². The van der Waals surface area contributed by atoms with Crippen molar-refractivity contribution in [2.45, 2.75) is 45.3 Å². The molecule has 0 saturated carbocycles. The van der Waals surface area contributed by atoms with Gasteiger partial charge in [0.05, 0.1) is 11.8 Å². The predicted octanol–water partition coefficient (Wildman–Crippen LogP) is 3.13. The highest BCUT2D eigenvalue weighted by Gasteiger charge is 2.28. The van der Waals surface area contributed by atoms with Crippen molar-refractivity contribution in [3.63, 3.8) is 0 Å². The average molecular weight is 258 g/mol. The zero-order valence-corrected chi connectivity index (χ0v) is 11.7. The number of rotatable bonds is 6. The molecule has 1 unspecified atom stereocenters. The van der Waals surface area contributed by atoms with Gasteiger partial charge in [-0.1, -0.05) is 44.2 Å². The van der Waals surface area contributed by atoms with Crippen molar-refractivity contribution < 1.29 is 5.11 Å². The number of hydrogen-bond acceptors (Lipinski definition) is 2. The quantitative estimate of drug-likeness (QED) is 0.864. The lowest BCUT2D eigenvalue weighted by Crippen LogP contribution is -2.27. The van der Waals surface area contributed by atoms with Crippen LogP contribution in [0.2, 0.25) is 0 Å². The number of aryl methyl sites for hydroxylation is 1. The smallest absolute Gasteiger partial charge is 0.0964 e. The van der Waals surface area contributed by atoms with Gasteiger partial charge >= 0.3 is 0 Å². The summed E-state index contributed by atoms with van der Waals surface area (Å²) in [4.78, 5) is 0. The molecule has 1 atom stereocenters. The van der Waals surface area contributed by atoms with Gasteiger partial charge < -0.3 is 5.11 Å². The van der Waals surface area contributed by atoms with Crippen LogP contribution in [0.3, 0.4) is 0 Å². The lowest BCUT2D eigenvalue weighted by atomic mass is 9.87. The Hall–Kier alpha value is -1.61. The fourth-order valence-corrected chi connectivity index (χ4v) is 2.32. The Morgan fingerprint density at radius 3 is 2.58 bits per heavy atom. The predicted molar refractivity (Wildman–Crippen MR) is 76.9 cm³/mol. The molecule has 1 aromatic heterocycles. The van der Waals surface area contributed by atoms with Crippen molar-refractivity contribution in [3.8, 4) is 0 Å². The van der Waals surface area contributed by atoms with E-state index in [0.29, 0.717) is 12.8 Å². The second-order valence-corrected chi connectivity index (χ2v) is 5.04. The first kappa shape index (κ1) is 13.8. The van der Waals surface area contributed by atoms with Gasteiger partial charge in [-0.05, 0) is 18.4 Å². The van der Waals surface area contributed by atoms with Gasteiger partial charge in [0.2, 0.25) is 0 Å². The third-order valence-electron chi connectivity index (χ3n) is 3.55. The Kier molecular flexibility index (Phi) is 4.38. The van der Waals surface area contributed by atoms with E-state index in [2.05, 4.69) is 24.2 Å². The minimum Gasteiger partial charge on any atom is -0.385 e. The monoisotopic (exact) mass is 258 g/mol. The summed E-state index contributed by atoms with van der Waals surface area (Å²) < 4.78 is 1.90. The molecule has 2 rings (SSSR count). The van der Waals surface area contributed by atoms with Gasteiger partial charge in [0, 0.05) is 24.7 Å². The second-order valence-electron chi connectivity index (χ2n) is 5.04. The van der Waals surface area contributed by atoms with Crippen LogP contribution in [0.5, 0.6) is 0 Å². The molecule has 1 heterocycles. The van der Waals surface area contributed by atoms with E-state index in [9.17, 15) is 5.11 Å². The van der Waals surface area contributed by atoms with E-state index in [0.717, 1.165) is 24.1 Å². The molecule has 0 aliphatic carbocycles. The molecule has 0 fully saturated rings. The molecule has 0 radical (unpaired) electrons. The van der Waals surface area contributed by atoms with Gasteiger partial charge in [0.25, 0.3) is 0 Å². The van der Waals surface area contributed by atoms with Crippen LogP contribution < -0.4 is 0 Å². The van der Waals surface area contributed by atoms with E-state index in [1.165, 1.54) is 0 Å². The van der Waals surface area contributed by atoms with Crippen molar-refractivity contribution in [2.24, 2.45) is 0 Å². The highest BCUT2D eigenvalue weighted by atomic mass is 16.3. The number of hydrogen-bond donors (Lipinski definition) is 1.